The molecular weight excluding hydrogens is 208 g/mol. The van der Waals surface area contributed by atoms with Gasteiger partial charge in [-0.3, -0.25) is 4.79 Å². The average molecular weight is 232 g/mol. The van der Waals surface area contributed by atoms with Gasteiger partial charge >= 0.3 is 5.97 Å². The zero-order valence-electron chi connectivity index (χ0n) is 10.00. The van der Waals surface area contributed by atoms with Crippen molar-refractivity contribution in [2.75, 3.05) is 7.11 Å². The first kappa shape index (κ1) is 14.8. The molecule has 0 aromatic carbocycles. The molecule has 0 amide bonds. The Balaban J connectivity index is 3.20. The molecule has 2 nitrogen and oxygen atoms in total. The summed E-state index contributed by atoms with van der Waals surface area (Å²) in [6.07, 6.45) is 9.71. The summed E-state index contributed by atoms with van der Waals surface area (Å²) in [5.41, 5.74) is 0. The summed E-state index contributed by atoms with van der Waals surface area (Å²) in [4.78, 5) is 11.0. The Bertz CT molecular complexity index is 160. The summed E-state index contributed by atoms with van der Waals surface area (Å²) in [5.74, 6) is -0.204. The number of methoxy groups -OCH3 is 1. The molecule has 0 fully saturated rings. The predicted molar refractivity (Wildman–Crippen MR) is 67.4 cm³/mol. The molecule has 0 aliphatic carbocycles. The summed E-state index contributed by atoms with van der Waals surface area (Å²) in [6.45, 7) is 2.22. The number of rotatable bonds is 9. The smallest absolute Gasteiger partial charge is 0.318 e. The maximum Gasteiger partial charge on any atom is 0.318 e. The zero-order chi connectivity index (χ0) is 11.5. The third-order valence-corrected chi connectivity index (χ3v) is 3.02. The highest BCUT2D eigenvalue weighted by molar-refractivity contribution is 7.81. The molecule has 1 unspecified atom stereocenters. The predicted octanol–water partition coefficient (Wildman–Crippen LogP) is 3.60. The van der Waals surface area contributed by atoms with Gasteiger partial charge in [0, 0.05) is 0 Å². The molecule has 3 heteroatoms. The van der Waals surface area contributed by atoms with E-state index in [9.17, 15) is 4.79 Å². The minimum atomic E-state index is -0.231. The number of hydrogen-bond acceptors (Lipinski definition) is 3. The fraction of sp³-hybridized carbons (Fsp3) is 0.917. The molecule has 0 aliphatic rings. The van der Waals surface area contributed by atoms with Crippen LogP contribution in [0.4, 0.5) is 0 Å². The highest BCUT2D eigenvalue weighted by Crippen LogP contribution is 2.12. The standard InChI is InChI=1S/C12H24O2S/c1-3-4-5-6-7-8-9-10-11(15)12(13)14-2/h11,15H,3-10H2,1-2H3. The molecule has 0 aromatic heterocycles. The number of unbranched alkanes of at least 4 members (excludes halogenated alkanes) is 6. The summed E-state index contributed by atoms with van der Waals surface area (Å²) in [7, 11) is 1.41. The third kappa shape index (κ3) is 8.79. The Hall–Kier alpha value is -0.180. The van der Waals surface area contributed by atoms with Crippen LogP contribution in [-0.4, -0.2) is 18.3 Å². The van der Waals surface area contributed by atoms with Crippen LogP contribution in [0, 0.1) is 0 Å². The van der Waals surface area contributed by atoms with Gasteiger partial charge in [0.05, 0.1) is 12.4 Å². The van der Waals surface area contributed by atoms with Crippen molar-refractivity contribution in [2.24, 2.45) is 0 Å². The van der Waals surface area contributed by atoms with Crippen LogP contribution >= 0.6 is 12.6 Å². The van der Waals surface area contributed by atoms with Crippen LogP contribution in [0.2, 0.25) is 0 Å². The first-order chi connectivity index (χ1) is 7.22. The molecule has 0 saturated carbocycles. The lowest BCUT2D eigenvalue weighted by atomic mass is 10.1. The van der Waals surface area contributed by atoms with Crippen molar-refractivity contribution in [1.82, 2.24) is 0 Å². The number of carbonyl (C=O) groups is 1. The minimum Gasteiger partial charge on any atom is -0.468 e. The molecule has 0 saturated heterocycles. The van der Waals surface area contributed by atoms with Gasteiger partial charge in [0.1, 0.15) is 0 Å². The largest absolute Gasteiger partial charge is 0.468 e. The fourth-order valence-corrected chi connectivity index (χ4v) is 1.84. The highest BCUT2D eigenvalue weighted by Gasteiger charge is 2.12. The SMILES string of the molecule is CCCCCCCCCC(S)C(=O)OC. The lowest BCUT2D eigenvalue weighted by Gasteiger charge is -2.07. The van der Waals surface area contributed by atoms with Crippen LogP contribution in [0.5, 0.6) is 0 Å². The van der Waals surface area contributed by atoms with E-state index in [0.717, 1.165) is 12.8 Å². The van der Waals surface area contributed by atoms with Gasteiger partial charge in [-0.05, 0) is 6.42 Å². The lowest BCUT2D eigenvalue weighted by Crippen LogP contribution is -2.15. The van der Waals surface area contributed by atoms with Gasteiger partial charge in [-0.2, -0.15) is 12.6 Å². The van der Waals surface area contributed by atoms with Crippen molar-refractivity contribution in [2.45, 2.75) is 63.5 Å². The monoisotopic (exact) mass is 232 g/mol. The van der Waals surface area contributed by atoms with Gasteiger partial charge in [0.2, 0.25) is 0 Å². The van der Waals surface area contributed by atoms with E-state index in [1.807, 2.05) is 0 Å². The Morgan fingerprint density at radius 2 is 1.67 bits per heavy atom. The number of esters is 1. The Labute approximate surface area is 99.2 Å². The van der Waals surface area contributed by atoms with E-state index in [1.54, 1.807) is 0 Å². The minimum absolute atomic E-state index is 0.204. The maximum absolute atomic E-state index is 11.0. The van der Waals surface area contributed by atoms with E-state index in [2.05, 4.69) is 24.3 Å². The van der Waals surface area contributed by atoms with Crippen molar-refractivity contribution in [1.29, 1.82) is 0 Å². The van der Waals surface area contributed by atoms with Gasteiger partial charge in [-0.1, -0.05) is 51.9 Å². The van der Waals surface area contributed by atoms with Crippen molar-refractivity contribution >= 4 is 18.6 Å². The molecule has 0 aliphatic heterocycles. The molecule has 15 heavy (non-hydrogen) atoms. The van der Waals surface area contributed by atoms with Crippen molar-refractivity contribution in [3.05, 3.63) is 0 Å². The van der Waals surface area contributed by atoms with Crippen LogP contribution in [0.15, 0.2) is 0 Å². The lowest BCUT2D eigenvalue weighted by molar-refractivity contribution is -0.140. The quantitative estimate of drug-likeness (QED) is 0.373. The van der Waals surface area contributed by atoms with Gasteiger partial charge < -0.3 is 4.74 Å². The summed E-state index contributed by atoms with van der Waals surface area (Å²) in [6, 6.07) is 0. The fourth-order valence-electron chi connectivity index (χ4n) is 1.55. The van der Waals surface area contributed by atoms with E-state index in [-0.39, 0.29) is 11.2 Å². The third-order valence-electron chi connectivity index (χ3n) is 2.55. The van der Waals surface area contributed by atoms with Gasteiger partial charge in [0.25, 0.3) is 0 Å². The van der Waals surface area contributed by atoms with E-state index >= 15 is 0 Å². The first-order valence-electron chi connectivity index (χ1n) is 5.98. The van der Waals surface area contributed by atoms with Crippen molar-refractivity contribution in [3.63, 3.8) is 0 Å². The number of thiol groups is 1. The first-order valence-corrected chi connectivity index (χ1v) is 6.50. The molecule has 0 heterocycles. The second kappa shape index (κ2) is 10.3. The summed E-state index contributed by atoms with van der Waals surface area (Å²) >= 11 is 4.19. The molecule has 0 rings (SSSR count). The van der Waals surface area contributed by atoms with E-state index < -0.39 is 0 Å². The molecule has 0 N–H and O–H groups in total. The van der Waals surface area contributed by atoms with Crippen LogP contribution in [0.3, 0.4) is 0 Å². The van der Waals surface area contributed by atoms with Gasteiger partial charge in [0.15, 0.2) is 0 Å². The molecule has 0 spiro atoms. The Morgan fingerprint density at radius 3 is 2.20 bits per heavy atom. The zero-order valence-corrected chi connectivity index (χ0v) is 10.9. The second-order valence-electron chi connectivity index (χ2n) is 3.95. The number of ether oxygens (including phenoxy) is 1. The van der Waals surface area contributed by atoms with Crippen LogP contribution in [0.25, 0.3) is 0 Å². The van der Waals surface area contributed by atoms with E-state index in [0.29, 0.717) is 0 Å². The van der Waals surface area contributed by atoms with E-state index in [4.69, 9.17) is 0 Å². The molecule has 0 bridgehead atoms. The normalized spacial score (nSPS) is 12.5. The maximum atomic E-state index is 11.0. The van der Waals surface area contributed by atoms with Gasteiger partial charge in [-0.15, -0.1) is 0 Å². The summed E-state index contributed by atoms with van der Waals surface area (Å²) in [5, 5.41) is -0.231. The van der Waals surface area contributed by atoms with Crippen molar-refractivity contribution in [3.8, 4) is 0 Å². The van der Waals surface area contributed by atoms with Crippen LogP contribution in [-0.2, 0) is 9.53 Å². The molecular formula is C12H24O2S. The highest BCUT2D eigenvalue weighted by atomic mass is 32.1. The Morgan fingerprint density at radius 1 is 1.13 bits per heavy atom. The van der Waals surface area contributed by atoms with E-state index in [1.165, 1.54) is 45.6 Å². The van der Waals surface area contributed by atoms with Gasteiger partial charge in [-0.25, -0.2) is 0 Å². The van der Waals surface area contributed by atoms with Crippen LogP contribution < -0.4 is 0 Å². The Kier molecular flexibility index (Phi) is 10.2. The molecule has 0 aromatic rings. The average Bonchev–Trinajstić information content (AvgIpc) is 2.26. The number of carbonyl (C=O) groups excluding carboxylic acids is 1. The molecule has 90 valence electrons. The molecule has 1 atom stereocenters. The van der Waals surface area contributed by atoms with Crippen molar-refractivity contribution < 1.29 is 9.53 Å². The van der Waals surface area contributed by atoms with Crippen LogP contribution in [0.1, 0.15) is 58.3 Å². The second-order valence-corrected chi connectivity index (χ2v) is 4.57. The number of hydrogen-bond donors (Lipinski definition) is 1. The topological polar surface area (TPSA) is 26.3 Å². The summed E-state index contributed by atoms with van der Waals surface area (Å²) < 4.78 is 4.61. The molecule has 0 radical (unpaired) electrons.